The summed E-state index contributed by atoms with van der Waals surface area (Å²) in [5.74, 6) is 0. The van der Waals surface area contributed by atoms with E-state index in [1.165, 1.54) is 32.1 Å². The molecule has 82 valence electrons. The number of aldehydes is 1. The highest BCUT2D eigenvalue weighted by atomic mass is 16.1. The fourth-order valence-electron chi connectivity index (χ4n) is 2.32. The Morgan fingerprint density at radius 1 is 1.29 bits per heavy atom. The molecule has 1 fully saturated rings. The molecule has 0 aromatic carbocycles. The molecule has 0 saturated carbocycles. The monoisotopic (exact) mass is 197 g/mol. The summed E-state index contributed by atoms with van der Waals surface area (Å²) in [7, 11) is 0. The second-order valence-electron chi connectivity index (χ2n) is 4.43. The van der Waals surface area contributed by atoms with Crippen LogP contribution in [0.15, 0.2) is 0 Å². The molecule has 0 radical (unpaired) electrons. The van der Waals surface area contributed by atoms with Crippen molar-refractivity contribution in [2.45, 2.75) is 64.5 Å². The maximum atomic E-state index is 10.8. The van der Waals surface area contributed by atoms with Crippen molar-refractivity contribution in [1.82, 2.24) is 4.90 Å². The molecule has 0 aromatic heterocycles. The Hall–Kier alpha value is -0.370. The van der Waals surface area contributed by atoms with Gasteiger partial charge in [0.05, 0.1) is 6.04 Å². The first kappa shape index (κ1) is 11.7. The van der Waals surface area contributed by atoms with Gasteiger partial charge in [0.2, 0.25) is 0 Å². The minimum Gasteiger partial charge on any atom is -0.302 e. The van der Waals surface area contributed by atoms with Gasteiger partial charge in [-0.05, 0) is 32.7 Å². The van der Waals surface area contributed by atoms with Crippen molar-refractivity contribution in [3.63, 3.8) is 0 Å². The predicted octanol–water partition coefficient (Wildman–Crippen LogP) is 2.62. The van der Waals surface area contributed by atoms with E-state index in [1.807, 2.05) is 0 Å². The molecule has 1 rings (SSSR count). The van der Waals surface area contributed by atoms with Crippen LogP contribution in [0.25, 0.3) is 0 Å². The third kappa shape index (κ3) is 3.09. The smallest absolute Gasteiger partial charge is 0.137 e. The molecule has 2 heteroatoms. The van der Waals surface area contributed by atoms with Gasteiger partial charge in [0.25, 0.3) is 0 Å². The fourth-order valence-corrected chi connectivity index (χ4v) is 2.32. The van der Waals surface area contributed by atoms with Gasteiger partial charge in [0, 0.05) is 6.04 Å². The quantitative estimate of drug-likeness (QED) is 0.482. The van der Waals surface area contributed by atoms with Crippen LogP contribution >= 0.6 is 0 Å². The topological polar surface area (TPSA) is 20.3 Å². The Morgan fingerprint density at radius 3 is 2.71 bits per heavy atom. The van der Waals surface area contributed by atoms with Gasteiger partial charge in [-0.1, -0.05) is 26.2 Å². The Kier molecular flexibility index (Phi) is 5.16. The Labute approximate surface area is 87.7 Å². The second kappa shape index (κ2) is 6.18. The lowest BCUT2D eigenvalue weighted by molar-refractivity contribution is -0.111. The van der Waals surface area contributed by atoms with Gasteiger partial charge >= 0.3 is 0 Å². The van der Waals surface area contributed by atoms with Crippen LogP contribution in [0.5, 0.6) is 0 Å². The number of likely N-dealkylation sites (tertiary alicyclic amines) is 1. The van der Waals surface area contributed by atoms with Gasteiger partial charge < -0.3 is 4.79 Å². The standard InChI is InChI=1S/C12H23NO/c1-3-4-5-6-9-13-11(2)7-8-12(13)10-14/h10-12H,3-9H2,1-2H3. The number of hydrogen-bond acceptors (Lipinski definition) is 2. The molecule has 14 heavy (non-hydrogen) atoms. The molecular weight excluding hydrogens is 174 g/mol. The second-order valence-corrected chi connectivity index (χ2v) is 4.43. The minimum atomic E-state index is 0.214. The van der Waals surface area contributed by atoms with Crippen LogP contribution in [0.4, 0.5) is 0 Å². The van der Waals surface area contributed by atoms with Gasteiger partial charge in [-0.25, -0.2) is 0 Å². The number of nitrogens with zero attached hydrogens (tertiary/aromatic N) is 1. The summed E-state index contributed by atoms with van der Waals surface area (Å²) in [6.45, 7) is 5.58. The van der Waals surface area contributed by atoms with Crippen LogP contribution in [0.1, 0.15) is 52.4 Å². The van der Waals surface area contributed by atoms with Crippen molar-refractivity contribution in [3.8, 4) is 0 Å². The molecule has 2 atom stereocenters. The summed E-state index contributed by atoms with van der Waals surface area (Å²) in [5, 5.41) is 0. The number of rotatable bonds is 6. The van der Waals surface area contributed by atoms with E-state index in [4.69, 9.17) is 0 Å². The molecule has 0 amide bonds. The van der Waals surface area contributed by atoms with E-state index < -0.39 is 0 Å². The Balaban J connectivity index is 2.23. The first-order valence-electron chi connectivity index (χ1n) is 6.00. The van der Waals surface area contributed by atoms with Crippen LogP contribution in [0.3, 0.4) is 0 Å². The summed E-state index contributed by atoms with van der Waals surface area (Å²) in [6, 6.07) is 0.832. The van der Waals surface area contributed by atoms with Crippen molar-refractivity contribution in [3.05, 3.63) is 0 Å². The molecule has 2 unspecified atom stereocenters. The Bertz CT molecular complexity index is 170. The number of carbonyl (C=O) groups excluding carboxylic acids is 1. The van der Waals surface area contributed by atoms with E-state index in [0.29, 0.717) is 6.04 Å². The van der Waals surface area contributed by atoms with Crippen LogP contribution in [0.2, 0.25) is 0 Å². The zero-order valence-corrected chi connectivity index (χ0v) is 9.54. The molecule has 1 heterocycles. The number of carbonyl (C=O) groups is 1. The maximum absolute atomic E-state index is 10.8. The number of hydrogen-bond donors (Lipinski definition) is 0. The SMILES string of the molecule is CCCCCCN1C(C)CCC1C=O. The zero-order valence-electron chi connectivity index (χ0n) is 9.54. The molecular formula is C12H23NO. The fraction of sp³-hybridized carbons (Fsp3) is 0.917. The number of unbranched alkanes of at least 4 members (excludes halogenated alkanes) is 3. The molecule has 0 spiro atoms. The molecule has 0 N–H and O–H groups in total. The van der Waals surface area contributed by atoms with Crippen LogP contribution in [-0.4, -0.2) is 29.8 Å². The average molecular weight is 197 g/mol. The first-order chi connectivity index (χ1) is 6.79. The summed E-state index contributed by atoms with van der Waals surface area (Å²) in [5.41, 5.74) is 0. The van der Waals surface area contributed by atoms with E-state index in [9.17, 15) is 4.79 Å². The third-order valence-electron chi connectivity index (χ3n) is 3.30. The third-order valence-corrected chi connectivity index (χ3v) is 3.30. The minimum absolute atomic E-state index is 0.214. The van der Waals surface area contributed by atoms with E-state index in [-0.39, 0.29) is 6.04 Å². The maximum Gasteiger partial charge on any atom is 0.137 e. The van der Waals surface area contributed by atoms with Gasteiger partial charge in [0.15, 0.2) is 0 Å². The summed E-state index contributed by atoms with van der Waals surface area (Å²) in [4.78, 5) is 13.2. The van der Waals surface area contributed by atoms with Crippen molar-refractivity contribution in [1.29, 1.82) is 0 Å². The van der Waals surface area contributed by atoms with E-state index in [2.05, 4.69) is 18.7 Å². The van der Waals surface area contributed by atoms with Gasteiger partial charge in [-0.3, -0.25) is 4.90 Å². The zero-order chi connectivity index (χ0) is 10.4. The van der Waals surface area contributed by atoms with Crippen LogP contribution in [-0.2, 0) is 4.79 Å². The summed E-state index contributed by atoms with van der Waals surface area (Å²) < 4.78 is 0. The van der Waals surface area contributed by atoms with Gasteiger partial charge in [-0.2, -0.15) is 0 Å². The van der Waals surface area contributed by atoms with Crippen molar-refractivity contribution in [2.24, 2.45) is 0 Å². The lowest BCUT2D eigenvalue weighted by Crippen LogP contribution is -2.36. The molecule has 1 aliphatic rings. The van der Waals surface area contributed by atoms with Crippen molar-refractivity contribution in [2.75, 3.05) is 6.54 Å². The van der Waals surface area contributed by atoms with E-state index in [0.717, 1.165) is 19.3 Å². The highest BCUT2D eigenvalue weighted by Crippen LogP contribution is 2.22. The summed E-state index contributed by atoms with van der Waals surface area (Å²) in [6.07, 6.45) is 8.56. The normalized spacial score (nSPS) is 28.1. The van der Waals surface area contributed by atoms with E-state index >= 15 is 0 Å². The first-order valence-corrected chi connectivity index (χ1v) is 6.00. The molecule has 0 bridgehead atoms. The van der Waals surface area contributed by atoms with E-state index in [1.54, 1.807) is 0 Å². The molecule has 1 saturated heterocycles. The van der Waals surface area contributed by atoms with Gasteiger partial charge in [-0.15, -0.1) is 0 Å². The lowest BCUT2D eigenvalue weighted by Gasteiger charge is -2.24. The molecule has 0 aromatic rings. The van der Waals surface area contributed by atoms with Crippen molar-refractivity contribution < 1.29 is 4.79 Å². The Morgan fingerprint density at radius 2 is 2.07 bits per heavy atom. The molecule has 2 nitrogen and oxygen atoms in total. The predicted molar refractivity (Wildman–Crippen MR) is 59.4 cm³/mol. The lowest BCUT2D eigenvalue weighted by atomic mass is 10.2. The largest absolute Gasteiger partial charge is 0.302 e. The van der Waals surface area contributed by atoms with Crippen LogP contribution < -0.4 is 0 Å². The van der Waals surface area contributed by atoms with Gasteiger partial charge in [0.1, 0.15) is 6.29 Å². The highest BCUT2D eigenvalue weighted by molar-refractivity contribution is 5.58. The summed E-state index contributed by atoms with van der Waals surface area (Å²) >= 11 is 0. The average Bonchev–Trinajstić information content (AvgIpc) is 2.55. The molecule has 1 aliphatic heterocycles. The highest BCUT2D eigenvalue weighted by Gasteiger charge is 2.29. The molecule has 0 aliphatic carbocycles. The van der Waals surface area contributed by atoms with Crippen LogP contribution in [0, 0.1) is 0 Å². The van der Waals surface area contributed by atoms with Crippen molar-refractivity contribution >= 4 is 6.29 Å².